The van der Waals surface area contributed by atoms with Gasteiger partial charge < -0.3 is 9.64 Å². The van der Waals surface area contributed by atoms with Crippen LogP contribution >= 0.6 is 11.3 Å². The van der Waals surface area contributed by atoms with E-state index in [1.54, 1.807) is 23.3 Å². The molecule has 0 fully saturated rings. The molecule has 0 bridgehead atoms. The van der Waals surface area contributed by atoms with Gasteiger partial charge in [-0.05, 0) is 17.5 Å². The first-order chi connectivity index (χ1) is 9.20. The van der Waals surface area contributed by atoms with E-state index in [0.29, 0.717) is 13.0 Å². The van der Waals surface area contributed by atoms with Gasteiger partial charge >= 0.3 is 0 Å². The molecule has 1 aromatic heterocycles. The Morgan fingerprint density at radius 1 is 1.26 bits per heavy atom. The molecule has 0 unspecified atom stereocenters. The van der Waals surface area contributed by atoms with E-state index in [9.17, 15) is 4.79 Å². The predicted molar refractivity (Wildman–Crippen MR) is 77.5 cm³/mol. The maximum absolute atomic E-state index is 12.2. The summed E-state index contributed by atoms with van der Waals surface area (Å²) in [4.78, 5) is 15.1. The molecule has 0 saturated heterocycles. The van der Waals surface area contributed by atoms with Crippen molar-refractivity contribution in [2.45, 2.75) is 13.0 Å². The third-order valence-corrected chi connectivity index (χ3v) is 3.79. The second kappa shape index (κ2) is 6.38. The molecule has 1 aromatic carbocycles. The number of ether oxygens (including phenoxy) is 1. The topological polar surface area (TPSA) is 29.5 Å². The third kappa shape index (κ3) is 3.58. The molecule has 0 spiro atoms. The molecular weight excluding hydrogens is 258 g/mol. The predicted octanol–water partition coefficient (Wildman–Crippen LogP) is 2.96. The molecule has 19 heavy (non-hydrogen) atoms. The molecule has 0 aliphatic heterocycles. The first kappa shape index (κ1) is 13.6. The SMILES string of the molecule is COc1ccccc1CC(=O)N(C)Cc1cccs1. The van der Waals surface area contributed by atoms with E-state index >= 15 is 0 Å². The standard InChI is InChI=1S/C15H17NO2S/c1-16(11-13-7-5-9-19-13)15(17)10-12-6-3-4-8-14(12)18-2/h3-9H,10-11H2,1-2H3. The summed E-state index contributed by atoms with van der Waals surface area (Å²) in [5, 5.41) is 2.02. The Kier molecular flexibility index (Phi) is 4.58. The molecule has 4 heteroatoms. The largest absolute Gasteiger partial charge is 0.496 e. The molecule has 1 amide bonds. The number of carbonyl (C=O) groups excluding carboxylic acids is 1. The molecule has 0 aliphatic carbocycles. The molecule has 0 N–H and O–H groups in total. The molecule has 0 radical (unpaired) electrons. The van der Waals surface area contributed by atoms with Crippen molar-refractivity contribution in [1.29, 1.82) is 0 Å². The van der Waals surface area contributed by atoms with E-state index in [4.69, 9.17) is 4.74 Å². The van der Waals surface area contributed by atoms with Crippen LogP contribution < -0.4 is 4.74 Å². The van der Waals surface area contributed by atoms with Crippen LogP contribution in [0.4, 0.5) is 0 Å². The number of rotatable bonds is 5. The molecular formula is C15H17NO2S. The van der Waals surface area contributed by atoms with Crippen molar-refractivity contribution in [2.24, 2.45) is 0 Å². The number of amides is 1. The molecule has 2 rings (SSSR count). The zero-order valence-corrected chi connectivity index (χ0v) is 11.9. The van der Waals surface area contributed by atoms with Gasteiger partial charge in [-0.2, -0.15) is 0 Å². The van der Waals surface area contributed by atoms with Crippen LogP contribution in [0.3, 0.4) is 0 Å². The van der Waals surface area contributed by atoms with Crippen LogP contribution in [0.5, 0.6) is 5.75 Å². The van der Waals surface area contributed by atoms with Gasteiger partial charge in [0.25, 0.3) is 0 Å². The Morgan fingerprint density at radius 3 is 2.74 bits per heavy atom. The number of carbonyl (C=O) groups is 1. The van der Waals surface area contributed by atoms with Crippen molar-refractivity contribution in [3.63, 3.8) is 0 Å². The van der Waals surface area contributed by atoms with Crippen molar-refractivity contribution in [3.8, 4) is 5.75 Å². The molecule has 0 atom stereocenters. The van der Waals surface area contributed by atoms with Gasteiger partial charge in [0.2, 0.25) is 5.91 Å². The number of hydrogen-bond donors (Lipinski definition) is 0. The minimum atomic E-state index is 0.0953. The smallest absolute Gasteiger partial charge is 0.227 e. The number of benzene rings is 1. The second-order valence-corrected chi connectivity index (χ2v) is 5.35. The van der Waals surface area contributed by atoms with Crippen LogP contribution in [-0.4, -0.2) is 25.0 Å². The van der Waals surface area contributed by atoms with Crippen LogP contribution in [0, 0.1) is 0 Å². The van der Waals surface area contributed by atoms with Crippen molar-refractivity contribution >= 4 is 17.2 Å². The van der Waals surface area contributed by atoms with Crippen LogP contribution in [-0.2, 0) is 17.8 Å². The van der Waals surface area contributed by atoms with Crippen LogP contribution in [0.15, 0.2) is 41.8 Å². The normalized spacial score (nSPS) is 10.2. The number of thiophene rings is 1. The average Bonchev–Trinajstić information content (AvgIpc) is 2.92. The fourth-order valence-electron chi connectivity index (χ4n) is 1.87. The molecule has 1 heterocycles. The maximum Gasteiger partial charge on any atom is 0.227 e. The Morgan fingerprint density at radius 2 is 2.05 bits per heavy atom. The summed E-state index contributed by atoms with van der Waals surface area (Å²) in [6.07, 6.45) is 0.367. The third-order valence-electron chi connectivity index (χ3n) is 2.93. The highest BCUT2D eigenvalue weighted by atomic mass is 32.1. The minimum Gasteiger partial charge on any atom is -0.496 e. The number of para-hydroxylation sites is 1. The van der Waals surface area contributed by atoms with Gasteiger partial charge in [0.15, 0.2) is 0 Å². The van der Waals surface area contributed by atoms with Crippen molar-refractivity contribution in [1.82, 2.24) is 4.90 Å². The van der Waals surface area contributed by atoms with Gasteiger partial charge in [-0.1, -0.05) is 24.3 Å². The van der Waals surface area contributed by atoms with Crippen molar-refractivity contribution in [2.75, 3.05) is 14.2 Å². The summed E-state index contributed by atoms with van der Waals surface area (Å²) in [6, 6.07) is 11.7. The Hall–Kier alpha value is -1.81. The van der Waals surface area contributed by atoms with Gasteiger partial charge in [-0.25, -0.2) is 0 Å². The van der Waals surface area contributed by atoms with Gasteiger partial charge in [-0.15, -0.1) is 11.3 Å². The summed E-state index contributed by atoms with van der Waals surface area (Å²) in [5.41, 5.74) is 0.924. The van der Waals surface area contributed by atoms with E-state index in [-0.39, 0.29) is 5.91 Å². The van der Waals surface area contributed by atoms with Gasteiger partial charge in [0.05, 0.1) is 20.1 Å². The van der Waals surface area contributed by atoms with Gasteiger partial charge in [-0.3, -0.25) is 4.79 Å². The summed E-state index contributed by atoms with van der Waals surface area (Å²) < 4.78 is 5.26. The van der Waals surface area contributed by atoms with E-state index < -0.39 is 0 Å². The van der Waals surface area contributed by atoms with Gasteiger partial charge in [0, 0.05) is 17.5 Å². The molecule has 3 nitrogen and oxygen atoms in total. The van der Waals surface area contributed by atoms with Crippen molar-refractivity contribution < 1.29 is 9.53 Å². The number of nitrogens with zero attached hydrogens (tertiary/aromatic N) is 1. The maximum atomic E-state index is 12.2. The Bertz CT molecular complexity index is 537. The highest BCUT2D eigenvalue weighted by Crippen LogP contribution is 2.19. The monoisotopic (exact) mass is 275 g/mol. The summed E-state index contributed by atoms with van der Waals surface area (Å²) in [7, 11) is 3.45. The van der Waals surface area contributed by atoms with E-state index in [2.05, 4.69) is 0 Å². The first-order valence-corrected chi connectivity index (χ1v) is 6.97. The number of methoxy groups -OCH3 is 1. The van der Waals surface area contributed by atoms with E-state index in [1.165, 1.54) is 4.88 Å². The summed E-state index contributed by atoms with van der Waals surface area (Å²) >= 11 is 1.66. The lowest BCUT2D eigenvalue weighted by atomic mass is 10.1. The average molecular weight is 275 g/mol. The highest BCUT2D eigenvalue weighted by molar-refractivity contribution is 7.09. The molecule has 0 aliphatic rings. The lowest BCUT2D eigenvalue weighted by molar-refractivity contribution is -0.129. The van der Waals surface area contributed by atoms with Crippen LogP contribution in [0.2, 0.25) is 0 Å². The van der Waals surface area contributed by atoms with Gasteiger partial charge in [0.1, 0.15) is 5.75 Å². The fraction of sp³-hybridized carbons (Fsp3) is 0.267. The first-order valence-electron chi connectivity index (χ1n) is 6.09. The zero-order valence-electron chi connectivity index (χ0n) is 11.1. The van der Waals surface area contributed by atoms with E-state index in [0.717, 1.165) is 11.3 Å². The zero-order chi connectivity index (χ0) is 13.7. The molecule has 100 valence electrons. The van der Waals surface area contributed by atoms with Crippen LogP contribution in [0.25, 0.3) is 0 Å². The fourth-order valence-corrected chi connectivity index (χ4v) is 2.63. The summed E-state index contributed by atoms with van der Waals surface area (Å²) in [5.74, 6) is 0.860. The van der Waals surface area contributed by atoms with E-state index in [1.807, 2.05) is 48.8 Å². The molecule has 0 saturated carbocycles. The minimum absolute atomic E-state index is 0.0953. The Labute approximate surface area is 117 Å². The Balaban J connectivity index is 2.00. The second-order valence-electron chi connectivity index (χ2n) is 4.32. The number of likely N-dealkylation sites (N-methyl/N-ethyl adjacent to an activating group) is 1. The molecule has 2 aromatic rings. The quantitative estimate of drug-likeness (QED) is 0.839. The summed E-state index contributed by atoms with van der Waals surface area (Å²) in [6.45, 7) is 0.658. The lowest BCUT2D eigenvalue weighted by Crippen LogP contribution is -2.27. The van der Waals surface area contributed by atoms with Crippen molar-refractivity contribution in [3.05, 3.63) is 52.2 Å². The highest BCUT2D eigenvalue weighted by Gasteiger charge is 2.13. The number of hydrogen-bond acceptors (Lipinski definition) is 3. The van der Waals surface area contributed by atoms with Crippen LogP contribution in [0.1, 0.15) is 10.4 Å². The lowest BCUT2D eigenvalue weighted by Gasteiger charge is -2.17.